The van der Waals surface area contributed by atoms with E-state index in [0.717, 1.165) is 18.8 Å². The van der Waals surface area contributed by atoms with Gasteiger partial charge in [0.1, 0.15) is 0 Å². The summed E-state index contributed by atoms with van der Waals surface area (Å²) in [5, 5.41) is 0. The third-order valence-corrected chi connectivity index (χ3v) is 10.6. The molecule has 2 aromatic carbocycles. The van der Waals surface area contributed by atoms with Gasteiger partial charge in [-0.15, -0.1) is 0 Å². The maximum atomic E-state index is 6.04. The lowest BCUT2D eigenvalue weighted by molar-refractivity contribution is 1.80. The van der Waals surface area contributed by atoms with Crippen molar-refractivity contribution in [3.05, 3.63) is 24.3 Å². The van der Waals surface area contributed by atoms with Crippen molar-refractivity contribution in [1.82, 2.24) is 0 Å². The lowest BCUT2D eigenvalue weighted by Crippen LogP contribution is -1.89. The molecule has 0 fully saturated rings. The van der Waals surface area contributed by atoms with Crippen LogP contribution in [0, 0.1) is 0 Å². The average Bonchev–Trinajstić information content (AvgIpc) is 2.45. The van der Waals surface area contributed by atoms with E-state index in [0.29, 0.717) is 22.7 Å². The number of benzene rings is 2. The first-order valence-electron chi connectivity index (χ1n) is 5.95. The molecule has 1 heterocycles. The van der Waals surface area contributed by atoms with E-state index in [1.807, 2.05) is 24.3 Å². The Morgan fingerprint density at radius 2 is 0.727 bits per heavy atom. The van der Waals surface area contributed by atoms with E-state index in [2.05, 4.69) is 0 Å². The Labute approximate surface area is 148 Å². The molecule has 0 aliphatic heterocycles. The second-order valence-corrected chi connectivity index (χ2v) is 12.3. The first kappa shape index (κ1) is 15.8. The Kier molecular flexibility index (Phi) is 4.76. The fraction of sp³-hybridized carbons (Fsp3) is 0. The van der Waals surface area contributed by atoms with Crippen molar-refractivity contribution >= 4 is 102 Å². The van der Waals surface area contributed by atoms with Gasteiger partial charge in [0.25, 0.3) is 0 Å². The lowest BCUT2D eigenvalue weighted by Gasteiger charge is -2.00. The molecule has 22 heavy (non-hydrogen) atoms. The van der Waals surface area contributed by atoms with Crippen LogP contribution in [0.2, 0.25) is 0 Å². The zero-order valence-electron chi connectivity index (χ0n) is 11.1. The zero-order valence-corrected chi connectivity index (χ0v) is 16.0. The highest BCUT2D eigenvalue weighted by Gasteiger charge is 2.00. The quantitative estimate of drug-likeness (QED) is 0.293. The lowest BCUT2D eigenvalue weighted by atomic mass is 10.3. The summed E-state index contributed by atoms with van der Waals surface area (Å²) >= 11 is 0. The highest BCUT2D eigenvalue weighted by atomic mass is 33.2. The van der Waals surface area contributed by atoms with Crippen LogP contribution in [0.1, 0.15) is 0 Å². The largest absolute Gasteiger partial charge is 0.397 e. The van der Waals surface area contributed by atoms with Gasteiger partial charge in [0.15, 0.2) is 0 Å². The second kappa shape index (κ2) is 6.60. The summed E-state index contributed by atoms with van der Waals surface area (Å²) in [4.78, 5) is 0. The molecule has 0 unspecified atom stereocenters. The summed E-state index contributed by atoms with van der Waals surface area (Å²) < 4.78 is 4.04. The standard InChI is InChI=1S/C12H12N4S6/c13-5-1-6(14)10-3-9(5)17-21-19-11-4-12(20-22-18-10)8(16)2-7(11)15/h1-4H,13-16H2. The van der Waals surface area contributed by atoms with Crippen LogP contribution in [0.5, 0.6) is 0 Å². The highest BCUT2D eigenvalue weighted by molar-refractivity contribution is 7.96. The number of rotatable bonds is 0. The predicted octanol–water partition coefficient (Wildman–Crippen LogP) is 5.50. The zero-order chi connectivity index (χ0) is 15.7. The first-order valence-corrected chi connectivity index (χ1v) is 12.9. The van der Waals surface area contributed by atoms with Crippen LogP contribution < -0.4 is 22.9 Å². The molecule has 0 atom stereocenters. The predicted molar refractivity (Wildman–Crippen MR) is 110 cm³/mol. The topological polar surface area (TPSA) is 104 Å². The van der Waals surface area contributed by atoms with Crippen molar-refractivity contribution < 1.29 is 0 Å². The van der Waals surface area contributed by atoms with Gasteiger partial charge in [-0.25, -0.2) is 0 Å². The molecule has 0 saturated carbocycles. The third kappa shape index (κ3) is 3.31. The summed E-state index contributed by atoms with van der Waals surface area (Å²) in [5.41, 5.74) is 26.9. The van der Waals surface area contributed by atoms with Gasteiger partial charge in [-0.1, -0.05) is 41.4 Å². The summed E-state index contributed by atoms with van der Waals surface area (Å²) in [6.07, 6.45) is 0. The molecule has 0 amide bonds. The van der Waals surface area contributed by atoms with Crippen molar-refractivity contribution in [2.75, 3.05) is 22.9 Å². The normalized spacial score (nSPS) is 10.5. The molecule has 8 N–H and O–H groups in total. The van der Waals surface area contributed by atoms with Gasteiger partial charge in [0, 0.05) is 0 Å². The summed E-state index contributed by atoms with van der Waals surface area (Å²) in [6, 6.07) is 7.69. The van der Waals surface area contributed by atoms with Crippen LogP contribution in [0.25, 0.3) is 18.8 Å². The Hall–Kier alpha value is -1.04. The molecule has 0 aliphatic rings. The maximum Gasteiger partial charge on any atom is 0.0630 e. The molecule has 0 aliphatic carbocycles. The minimum absolute atomic E-state index is 0.695. The molecular formula is C12H12N4S6. The minimum atomic E-state index is 0.695. The second-order valence-electron chi connectivity index (χ2n) is 4.33. The third-order valence-electron chi connectivity index (χ3n) is 2.78. The van der Waals surface area contributed by atoms with Crippen molar-refractivity contribution in [2.24, 2.45) is 0 Å². The minimum Gasteiger partial charge on any atom is -0.397 e. The fourth-order valence-corrected chi connectivity index (χ4v) is 9.52. The van der Waals surface area contributed by atoms with E-state index in [1.54, 1.807) is 60.0 Å². The van der Waals surface area contributed by atoms with Gasteiger partial charge in [0.05, 0.1) is 41.5 Å². The smallest absolute Gasteiger partial charge is 0.0630 e. The van der Waals surface area contributed by atoms with Crippen molar-refractivity contribution in [3.63, 3.8) is 0 Å². The van der Waals surface area contributed by atoms with E-state index >= 15 is 0 Å². The van der Waals surface area contributed by atoms with Crippen molar-refractivity contribution in [1.29, 1.82) is 0 Å². The van der Waals surface area contributed by atoms with Crippen molar-refractivity contribution in [3.8, 4) is 0 Å². The van der Waals surface area contributed by atoms with E-state index in [4.69, 9.17) is 22.9 Å². The summed E-state index contributed by atoms with van der Waals surface area (Å²) in [7, 11) is 9.66. The molecule has 3 aromatic rings. The van der Waals surface area contributed by atoms with Crippen molar-refractivity contribution in [2.45, 2.75) is 0 Å². The number of nitrogen functional groups attached to an aromatic ring is 4. The number of fused-ring (bicyclic) bond motifs is 4. The molecular weight excluding hydrogens is 393 g/mol. The average molecular weight is 405 g/mol. The molecule has 0 spiro atoms. The van der Waals surface area contributed by atoms with E-state index in [-0.39, 0.29) is 0 Å². The Morgan fingerprint density at radius 1 is 0.455 bits per heavy atom. The van der Waals surface area contributed by atoms with Gasteiger partial charge in [-0.05, 0) is 43.0 Å². The van der Waals surface area contributed by atoms with Crippen LogP contribution in [-0.2, 0) is 0 Å². The molecule has 4 nitrogen and oxygen atoms in total. The van der Waals surface area contributed by atoms with Gasteiger partial charge >= 0.3 is 0 Å². The summed E-state index contributed by atoms with van der Waals surface area (Å²) in [6.45, 7) is 0. The van der Waals surface area contributed by atoms with Gasteiger partial charge in [-0.3, -0.25) is 0 Å². The van der Waals surface area contributed by atoms with Crippen LogP contribution in [0.4, 0.5) is 22.7 Å². The van der Waals surface area contributed by atoms with E-state index < -0.39 is 0 Å². The van der Waals surface area contributed by atoms with Crippen LogP contribution >= 0.6 is 60.0 Å². The first-order chi connectivity index (χ1) is 10.5. The fourth-order valence-electron chi connectivity index (χ4n) is 1.66. The summed E-state index contributed by atoms with van der Waals surface area (Å²) in [5.74, 6) is 0. The van der Waals surface area contributed by atoms with Gasteiger partial charge in [0.2, 0.25) is 0 Å². The highest BCUT2D eigenvalue weighted by Crippen LogP contribution is 2.35. The molecule has 4 bridgehead atoms. The van der Waals surface area contributed by atoms with E-state index in [1.165, 1.54) is 0 Å². The number of hydrogen-bond donors (Lipinski definition) is 4. The van der Waals surface area contributed by atoms with Gasteiger partial charge in [-0.2, -0.15) is 0 Å². The van der Waals surface area contributed by atoms with Crippen LogP contribution in [0.3, 0.4) is 0 Å². The number of hydrogen-bond acceptors (Lipinski definition) is 10. The molecule has 3 rings (SSSR count). The Balaban J connectivity index is 2.43. The molecule has 0 radical (unpaired) electrons. The molecule has 10 heteroatoms. The van der Waals surface area contributed by atoms with Crippen LogP contribution in [0.15, 0.2) is 24.3 Å². The SMILES string of the molecule is Nc1cc(N)c2cc1sssc1cc(sss2)c(N)cc1N. The maximum absolute atomic E-state index is 6.04. The molecule has 116 valence electrons. The number of nitrogens with two attached hydrogens (primary N) is 4. The Bertz CT molecular complexity index is 805. The molecule has 0 saturated heterocycles. The van der Waals surface area contributed by atoms with E-state index in [9.17, 15) is 0 Å². The number of anilines is 4. The van der Waals surface area contributed by atoms with Crippen LogP contribution in [-0.4, -0.2) is 0 Å². The van der Waals surface area contributed by atoms with Gasteiger partial charge < -0.3 is 22.9 Å². The Morgan fingerprint density at radius 3 is 1.00 bits per heavy atom. The monoisotopic (exact) mass is 404 g/mol. The molecule has 1 aromatic heterocycles.